The summed E-state index contributed by atoms with van der Waals surface area (Å²) in [5.74, 6) is 2.01. The van der Waals surface area contributed by atoms with Crippen LogP contribution in [0.15, 0.2) is 47.1 Å². The number of amidine groups is 1. The van der Waals surface area contributed by atoms with Crippen LogP contribution in [0.2, 0.25) is 0 Å². The Labute approximate surface area is 125 Å². The topological polar surface area (TPSA) is 42.2 Å². The number of rotatable bonds is 2. The van der Waals surface area contributed by atoms with Gasteiger partial charge in [0.2, 0.25) is 0 Å². The first-order chi connectivity index (χ1) is 10.3. The van der Waals surface area contributed by atoms with Gasteiger partial charge in [-0.25, -0.2) is 0 Å². The maximum absolute atomic E-state index is 6.65. The molecule has 3 nitrogen and oxygen atoms in total. The molecule has 0 atom stereocenters. The number of hydrogen-bond donors (Lipinski definition) is 1. The number of furan rings is 1. The first-order valence-corrected chi connectivity index (χ1v) is 7.78. The second kappa shape index (κ2) is 4.76. The monoisotopic (exact) mass is 281 g/mol. The lowest BCUT2D eigenvalue weighted by Crippen LogP contribution is -2.49. The minimum Gasteiger partial charge on any atom is -0.465 e. The molecule has 1 aromatic heterocycles. The average Bonchev–Trinajstić information content (AvgIpc) is 3.17. The van der Waals surface area contributed by atoms with Gasteiger partial charge in [-0.05, 0) is 36.1 Å². The Hall–Kier alpha value is -2.03. The van der Waals surface area contributed by atoms with Crippen molar-refractivity contribution in [3.63, 3.8) is 0 Å². The number of hydrogen-bond acceptors (Lipinski definition) is 2. The third-order valence-electron chi connectivity index (χ3n) is 5.11. The van der Waals surface area contributed by atoms with Crippen LogP contribution in [0.25, 0.3) is 0 Å². The van der Waals surface area contributed by atoms with E-state index in [4.69, 9.17) is 10.2 Å². The molecule has 1 aliphatic heterocycles. The van der Waals surface area contributed by atoms with E-state index in [0.717, 1.165) is 24.7 Å². The summed E-state index contributed by atoms with van der Waals surface area (Å²) in [5, 5.41) is 0. The molecule has 0 bridgehead atoms. The number of nitrogens with zero attached hydrogens (tertiary/aromatic N) is 1. The zero-order valence-electron chi connectivity index (χ0n) is 12.2. The number of fused-ring (bicyclic) bond motifs is 2. The largest absolute Gasteiger partial charge is 0.465 e. The minimum absolute atomic E-state index is 0.0570. The zero-order chi connectivity index (χ0) is 14.3. The molecule has 2 aliphatic rings. The van der Waals surface area contributed by atoms with Crippen LogP contribution in [0, 0.1) is 0 Å². The smallest absolute Gasteiger partial charge is 0.254 e. The summed E-state index contributed by atoms with van der Waals surface area (Å²) in [6.45, 7) is 1.64. The number of nitrogens with two attached hydrogens (primary N) is 1. The third-order valence-corrected chi connectivity index (χ3v) is 5.11. The number of benzene rings is 1. The quantitative estimate of drug-likeness (QED) is 0.859. The Morgan fingerprint density at radius 2 is 1.90 bits per heavy atom. The molecule has 0 unspecified atom stereocenters. The molecule has 0 radical (unpaired) electrons. The van der Waals surface area contributed by atoms with Crippen LogP contribution >= 0.6 is 0 Å². The molecule has 21 heavy (non-hydrogen) atoms. The highest BCUT2D eigenvalue weighted by Crippen LogP contribution is 2.44. The molecule has 1 fully saturated rings. The van der Waals surface area contributed by atoms with Crippen molar-refractivity contribution in [2.24, 2.45) is 5.73 Å². The molecule has 1 spiro atoms. The van der Waals surface area contributed by atoms with E-state index in [1.54, 1.807) is 6.26 Å². The van der Waals surface area contributed by atoms with Crippen molar-refractivity contribution in [2.75, 3.05) is 0 Å². The summed E-state index contributed by atoms with van der Waals surface area (Å²) >= 11 is 0. The van der Waals surface area contributed by atoms with Gasteiger partial charge < -0.3 is 4.42 Å². The summed E-state index contributed by atoms with van der Waals surface area (Å²) in [4.78, 5) is 0. The lowest BCUT2D eigenvalue weighted by atomic mass is 9.73. The van der Waals surface area contributed by atoms with E-state index in [9.17, 15) is 0 Å². The van der Waals surface area contributed by atoms with Crippen LogP contribution in [0.1, 0.15) is 42.6 Å². The normalized spacial score (nSPS) is 20.0. The third kappa shape index (κ3) is 1.91. The Kier molecular flexibility index (Phi) is 2.88. The second-order valence-electron chi connectivity index (χ2n) is 6.27. The average molecular weight is 281 g/mol. The molecule has 1 saturated carbocycles. The van der Waals surface area contributed by atoms with E-state index in [0.29, 0.717) is 0 Å². The van der Waals surface area contributed by atoms with Gasteiger partial charge in [0.1, 0.15) is 18.8 Å². The predicted molar refractivity (Wildman–Crippen MR) is 82.2 cm³/mol. The summed E-state index contributed by atoms with van der Waals surface area (Å²) in [6, 6.07) is 12.8. The molecule has 108 valence electrons. The van der Waals surface area contributed by atoms with E-state index >= 15 is 0 Å². The maximum atomic E-state index is 6.65. The predicted octanol–water partition coefficient (Wildman–Crippen LogP) is 3.17. The molecule has 4 rings (SSSR count). The van der Waals surface area contributed by atoms with E-state index in [1.807, 2.05) is 12.1 Å². The SMILES string of the molecule is NC1=[N+](Cc2ccco2)Cc2ccccc2C12CCCC2. The Morgan fingerprint density at radius 1 is 1.10 bits per heavy atom. The van der Waals surface area contributed by atoms with Gasteiger partial charge in [-0.15, -0.1) is 0 Å². The van der Waals surface area contributed by atoms with Gasteiger partial charge in [-0.3, -0.25) is 10.3 Å². The van der Waals surface area contributed by atoms with Crippen LogP contribution < -0.4 is 5.73 Å². The maximum Gasteiger partial charge on any atom is 0.254 e. The fraction of sp³-hybridized carbons (Fsp3) is 0.389. The molecule has 2 heterocycles. The molecular weight excluding hydrogens is 260 g/mol. The highest BCUT2D eigenvalue weighted by atomic mass is 16.3. The standard InChI is InChI=1S/C18H20N2O/c19-17-18(9-3-4-10-18)16-8-2-1-6-14(16)12-20(17)13-15-7-5-11-21-15/h1-2,5-8,11,19H,3-4,9-10,12-13H2/p+1. The van der Waals surface area contributed by atoms with Crippen LogP contribution in [-0.2, 0) is 18.5 Å². The lowest BCUT2D eigenvalue weighted by molar-refractivity contribution is -0.567. The molecular formula is C18H21N2O+. The van der Waals surface area contributed by atoms with Crippen LogP contribution in [0.4, 0.5) is 0 Å². The molecule has 0 amide bonds. The van der Waals surface area contributed by atoms with Crippen molar-refractivity contribution in [2.45, 2.75) is 44.2 Å². The molecule has 1 aromatic carbocycles. The van der Waals surface area contributed by atoms with E-state index < -0.39 is 0 Å². The van der Waals surface area contributed by atoms with Crippen LogP contribution in [-0.4, -0.2) is 10.4 Å². The molecule has 1 aliphatic carbocycles. The van der Waals surface area contributed by atoms with Crippen molar-refractivity contribution in [3.8, 4) is 0 Å². The molecule has 3 heteroatoms. The van der Waals surface area contributed by atoms with Gasteiger partial charge >= 0.3 is 0 Å². The van der Waals surface area contributed by atoms with Gasteiger partial charge in [0.25, 0.3) is 5.84 Å². The zero-order valence-corrected chi connectivity index (χ0v) is 12.2. The van der Waals surface area contributed by atoms with Gasteiger partial charge in [-0.2, -0.15) is 0 Å². The van der Waals surface area contributed by atoms with Crippen molar-refractivity contribution in [3.05, 3.63) is 59.5 Å². The minimum atomic E-state index is 0.0570. The highest BCUT2D eigenvalue weighted by molar-refractivity contribution is 5.89. The Balaban J connectivity index is 1.81. The van der Waals surface area contributed by atoms with Crippen molar-refractivity contribution >= 4 is 5.84 Å². The Morgan fingerprint density at radius 3 is 2.67 bits per heavy atom. The van der Waals surface area contributed by atoms with E-state index in [1.165, 1.54) is 36.8 Å². The summed E-state index contributed by atoms with van der Waals surface area (Å²) in [6.07, 6.45) is 6.61. The van der Waals surface area contributed by atoms with E-state index in [-0.39, 0.29) is 5.41 Å². The second-order valence-corrected chi connectivity index (χ2v) is 6.27. The van der Waals surface area contributed by atoms with Crippen molar-refractivity contribution in [1.82, 2.24) is 0 Å². The highest BCUT2D eigenvalue weighted by Gasteiger charge is 2.48. The van der Waals surface area contributed by atoms with Gasteiger partial charge in [0.05, 0.1) is 11.7 Å². The van der Waals surface area contributed by atoms with Crippen molar-refractivity contribution < 1.29 is 8.99 Å². The summed E-state index contributed by atoms with van der Waals surface area (Å²) in [5.41, 5.74) is 9.58. The fourth-order valence-electron chi connectivity index (χ4n) is 4.09. The van der Waals surface area contributed by atoms with Gasteiger partial charge in [-0.1, -0.05) is 37.1 Å². The molecule has 0 saturated heterocycles. The van der Waals surface area contributed by atoms with Crippen LogP contribution in [0.3, 0.4) is 0 Å². The van der Waals surface area contributed by atoms with Crippen LogP contribution in [0.5, 0.6) is 0 Å². The molecule has 2 aromatic rings. The van der Waals surface area contributed by atoms with Gasteiger partial charge in [0.15, 0.2) is 0 Å². The van der Waals surface area contributed by atoms with Gasteiger partial charge in [0, 0.05) is 0 Å². The molecule has 2 N–H and O–H groups in total. The lowest BCUT2D eigenvalue weighted by Gasteiger charge is -2.33. The summed E-state index contributed by atoms with van der Waals surface area (Å²) < 4.78 is 7.81. The fourth-order valence-corrected chi connectivity index (χ4v) is 4.09. The first-order valence-electron chi connectivity index (χ1n) is 7.78. The Bertz CT molecular complexity index is 679. The first kappa shape index (κ1) is 12.7. The van der Waals surface area contributed by atoms with E-state index in [2.05, 4.69) is 28.8 Å². The summed E-state index contributed by atoms with van der Waals surface area (Å²) in [7, 11) is 0. The van der Waals surface area contributed by atoms with Crippen molar-refractivity contribution in [1.29, 1.82) is 0 Å².